The van der Waals surface area contributed by atoms with Crippen LogP contribution in [0.1, 0.15) is 28.9 Å². The van der Waals surface area contributed by atoms with Crippen LogP contribution in [-0.4, -0.2) is 21.3 Å². The van der Waals surface area contributed by atoms with Crippen molar-refractivity contribution in [2.75, 3.05) is 6.61 Å². The molecule has 0 aliphatic heterocycles. The van der Waals surface area contributed by atoms with E-state index in [1.165, 1.54) is 22.2 Å². The van der Waals surface area contributed by atoms with Crippen LogP contribution in [0.25, 0.3) is 11.0 Å². The lowest BCUT2D eigenvalue weighted by molar-refractivity contribution is 0.280. The van der Waals surface area contributed by atoms with Crippen LogP contribution in [0, 0.1) is 13.8 Å². The summed E-state index contributed by atoms with van der Waals surface area (Å²) in [6, 6.07) is 14.9. The molecule has 0 saturated heterocycles. The van der Waals surface area contributed by atoms with Gasteiger partial charge in [0.15, 0.2) is 0 Å². The number of hydrogen-bond acceptors (Lipinski definition) is 2. The van der Waals surface area contributed by atoms with Crippen LogP contribution >= 0.6 is 0 Å². The molecule has 0 atom stereocenters. The van der Waals surface area contributed by atoms with Gasteiger partial charge in [-0.1, -0.05) is 30.3 Å². The molecule has 0 radical (unpaired) electrons. The summed E-state index contributed by atoms with van der Waals surface area (Å²) in [5.74, 6) is 1.11. The first-order valence-corrected chi connectivity index (χ1v) is 8.30. The summed E-state index contributed by atoms with van der Waals surface area (Å²) in [6.45, 7) is 5.30. The molecule has 3 heteroatoms. The number of aromatic nitrogens is 2. The number of nitrogens with zero attached hydrogens (tertiary/aromatic N) is 2. The molecule has 1 aromatic heterocycles. The number of rotatable bonds is 6. The van der Waals surface area contributed by atoms with Crippen molar-refractivity contribution in [1.29, 1.82) is 0 Å². The molecule has 3 aromatic rings. The average Bonchev–Trinajstić information content (AvgIpc) is 2.89. The van der Waals surface area contributed by atoms with Gasteiger partial charge in [-0.15, -0.1) is 0 Å². The second-order valence-corrected chi connectivity index (χ2v) is 6.17. The molecule has 1 heterocycles. The van der Waals surface area contributed by atoms with Crippen molar-refractivity contribution in [3.8, 4) is 0 Å². The topological polar surface area (TPSA) is 38.0 Å². The van der Waals surface area contributed by atoms with Gasteiger partial charge in [0.2, 0.25) is 0 Å². The Kier molecular flexibility index (Phi) is 4.77. The Labute approximate surface area is 137 Å². The Hall–Kier alpha value is -2.13. The number of imidazole rings is 1. The van der Waals surface area contributed by atoms with Gasteiger partial charge in [-0.3, -0.25) is 0 Å². The molecule has 1 N–H and O–H groups in total. The fraction of sp³-hybridized carbons (Fsp3) is 0.350. The van der Waals surface area contributed by atoms with E-state index in [1.807, 2.05) is 6.07 Å². The SMILES string of the molecule is Cc1cc2nc(CCc3ccccc3)n(CCCO)c2cc1C. The van der Waals surface area contributed by atoms with Gasteiger partial charge in [0.1, 0.15) is 5.82 Å². The molecule has 3 nitrogen and oxygen atoms in total. The highest BCUT2D eigenvalue weighted by Crippen LogP contribution is 2.22. The van der Waals surface area contributed by atoms with Gasteiger partial charge < -0.3 is 9.67 Å². The van der Waals surface area contributed by atoms with Gasteiger partial charge in [0.05, 0.1) is 11.0 Å². The first-order chi connectivity index (χ1) is 11.2. The summed E-state index contributed by atoms with van der Waals surface area (Å²) in [7, 11) is 0. The van der Waals surface area contributed by atoms with Gasteiger partial charge in [-0.05, 0) is 55.5 Å². The summed E-state index contributed by atoms with van der Waals surface area (Å²) >= 11 is 0. The Bertz CT molecular complexity index is 790. The number of hydrogen-bond donors (Lipinski definition) is 1. The fourth-order valence-corrected chi connectivity index (χ4v) is 3.00. The summed E-state index contributed by atoms with van der Waals surface area (Å²) < 4.78 is 2.28. The second-order valence-electron chi connectivity index (χ2n) is 6.17. The zero-order valence-electron chi connectivity index (χ0n) is 13.9. The maximum Gasteiger partial charge on any atom is 0.110 e. The standard InChI is InChI=1S/C20H24N2O/c1-15-13-18-19(14-16(15)2)22(11-6-12-23)20(21-18)10-9-17-7-4-3-5-8-17/h3-5,7-8,13-14,23H,6,9-12H2,1-2H3. The quantitative estimate of drug-likeness (QED) is 0.752. The van der Waals surface area contributed by atoms with Crippen LogP contribution in [0.4, 0.5) is 0 Å². The molecular weight excluding hydrogens is 284 g/mol. The van der Waals surface area contributed by atoms with E-state index in [0.717, 1.165) is 37.1 Å². The number of benzene rings is 2. The van der Waals surface area contributed by atoms with Crippen LogP contribution in [0.2, 0.25) is 0 Å². The largest absolute Gasteiger partial charge is 0.396 e. The van der Waals surface area contributed by atoms with E-state index in [-0.39, 0.29) is 6.61 Å². The maximum atomic E-state index is 9.20. The van der Waals surface area contributed by atoms with E-state index in [4.69, 9.17) is 4.98 Å². The van der Waals surface area contributed by atoms with Crippen molar-refractivity contribution in [1.82, 2.24) is 9.55 Å². The molecule has 0 aliphatic rings. The van der Waals surface area contributed by atoms with E-state index in [2.05, 4.69) is 54.8 Å². The Morgan fingerprint density at radius 2 is 1.74 bits per heavy atom. The summed E-state index contributed by atoms with van der Waals surface area (Å²) in [4.78, 5) is 4.86. The minimum Gasteiger partial charge on any atom is -0.396 e. The van der Waals surface area contributed by atoms with Crippen LogP contribution in [0.15, 0.2) is 42.5 Å². The second kappa shape index (κ2) is 6.97. The van der Waals surface area contributed by atoms with Crippen molar-refractivity contribution in [2.45, 2.75) is 39.7 Å². The Morgan fingerprint density at radius 3 is 2.48 bits per heavy atom. The zero-order chi connectivity index (χ0) is 16.2. The van der Waals surface area contributed by atoms with Crippen LogP contribution in [0.5, 0.6) is 0 Å². The predicted molar refractivity (Wildman–Crippen MR) is 94.8 cm³/mol. The summed E-state index contributed by atoms with van der Waals surface area (Å²) in [5.41, 5.74) is 6.15. The fourth-order valence-electron chi connectivity index (χ4n) is 3.00. The van der Waals surface area contributed by atoms with Gasteiger partial charge in [-0.2, -0.15) is 0 Å². The molecule has 0 fully saturated rings. The summed E-state index contributed by atoms with van der Waals surface area (Å²) in [6.07, 6.45) is 2.67. The highest BCUT2D eigenvalue weighted by atomic mass is 16.3. The lowest BCUT2D eigenvalue weighted by atomic mass is 10.1. The third-order valence-electron chi connectivity index (χ3n) is 4.46. The van der Waals surface area contributed by atoms with Crippen LogP contribution < -0.4 is 0 Å². The molecule has 0 unspecified atom stereocenters. The van der Waals surface area contributed by atoms with Crippen molar-refractivity contribution in [2.24, 2.45) is 0 Å². The molecule has 0 spiro atoms. The summed E-state index contributed by atoms with van der Waals surface area (Å²) in [5, 5.41) is 9.20. The van der Waals surface area contributed by atoms with Crippen molar-refractivity contribution in [3.63, 3.8) is 0 Å². The normalized spacial score (nSPS) is 11.3. The molecule has 2 aromatic carbocycles. The van der Waals surface area contributed by atoms with Gasteiger partial charge in [0.25, 0.3) is 0 Å². The minimum absolute atomic E-state index is 0.211. The van der Waals surface area contributed by atoms with E-state index < -0.39 is 0 Å². The zero-order valence-corrected chi connectivity index (χ0v) is 13.9. The average molecular weight is 308 g/mol. The smallest absolute Gasteiger partial charge is 0.110 e. The highest BCUT2D eigenvalue weighted by molar-refractivity contribution is 5.78. The third kappa shape index (κ3) is 3.45. The van der Waals surface area contributed by atoms with Gasteiger partial charge in [-0.25, -0.2) is 4.98 Å². The van der Waals surface area contributed by atoms with E-state index in [1.54, 1.807) is 0 Å². The highest BCUT2D eigenvalue weighted by Gasteiger charge is 2.12. The third-order valence-corrected chi connectivity index (χ3v) is 4.46. The van der Waals surface area contributed by atoms with Crippen molar-refractivity contribution < 1.29 is 5.11 Å². The maximum absolute atomic E-state index is 9.20. The van der Waals surface area contributed by atoms with E-state index in [9.17, 15) is 5.11 Å². The minimum atomic E-state index is 0.211. The van der Waals surface area contributed by atoms with E-state index in [0.29, 0.717) is 0 Å². The number of aryl methyl sites for hydroxylation is 5. The van der Waals surface area contributed by atoms with E-state index >= 15 is 0 Å². The van der Waals surface area contributed by atoms with Gasteiger partial charge in [0, 0.05) is 19.6 Å². The molecule has 0 bridgehead atoms. The molecule has 0 amide bonds. The van der Waals surface area contributed by atoms with Crippen LogP contribution in [0.3, 0.4) is 0 Å². The predicted octanol–water partition coefficient (Wildman–Crippen LogP) is 3.82. The molecule has 23 heavy (non-hydrogen) atoms. The molecule has 0 saturated carbocycles. The molecule has 120 valence electrons. The lowest BCUT2D eigenvalue weighted by Crippen LogP contribution is -2.07. The van der Waals surface area contributed by atoms with Crippen LogP contribution in [-0.2, 0) is 19.4 Å². The van der Waals surface area contributed by atoms with Gasteiger partial charge >= 0.3 is 0 Å². The first-order valence-electron chi connectivity index (χ1n) is 8.30. The monoisotopic (exact) mass is 308 g/mol. The Morgan fingerprint density at radius 1 is 1.00 bits per heavy atom. The number of aliphatic hydroxyl groups excluding tert-OH is 1. The molecular formula is C20H24N2O. The number of fused-ring (bicyclic) bond motifs is 1. The first kappa shape index (κ1) is 15.8. The Balaban J connectivity index is 1.94. The number of aliphatic hydroxyl groups is 1. The molecule has 3 rings (SSSR count). The molecule has 0 aliphatic carbocycles. The lowest BCUT2D eigenvalue weighted by Gasteiger charge is -2.09. The van der Waals surface area contributed by atoms with Crippen molar-refractivity contribution in [3.05, 3.63) is 65.0 Å². The van der Waals surface area contributed by atoms with Crippen molar-refractivity contribution >= 4 is 11.0 Å².